The molecule has 3 heteroatoms. The minimum atomic E-state index is 0.416. The van der Waals surface area contributed by atoms with Crippen molar-refractivity contribution in [3.63, 3.8) is 0 Å². The Morgan fingerprint density at radius 2 is 2.00 bits per heavy atom. The van der Waals surface area contributed by atoms with E-state index < -0.39 is 0 Å². The number of aromatic nitrogens is 1. The fourth-order valence-electron chi connectivity index (χ4n) is 2.28. The Labute approximate surface area is 130 Å². The van der Waals surface area contributed by atoms with Crippen molar-refractivity contribution in [1.82, 2.24) is 10.3 Å². The minimum Gasteiger partial charge on any atom is -0.350 e. The molecule has 0 bridgehead atoms. The van der Waals surface area contributed by atoms with Crippen LogP contribution in [0.15, 0.2) is 24.8 Å². The van der Waals surface area contributed by atoms with E-state index in [-0.39, 0.29) is 0 Å². The molecule has 0 atom stereocenters. The third kappa shape index (κ3) is 5.88. The average molecular weight is 289 g/mol. The first-order valence-corrected chi connectivity index (χ1v) is 8.06. The van der Waals surface area contributed by atoms with E-state index in [2.05, 4.69) is 63.5 Å². The smallest absolute Gasteiger partial charge is 0.129 e. The quantitative estimate of drug-likeness (QED) is 0.701. The van der Waals surface area contributed by atoms with Gasteiger partial charge in [0.05, 0.1) is 0 Å². The van der Waals surface area contributed by atoms with Gasteiger partial charge >= 0.3 is 0 Å². The molecule has 0 aliphatic carbocycles. The van der Waals surface area contributed by atoms with Gasteiger partial charge in [0.25, 0.3) is 0 Å². The molecule has 3 nitrogen and oxygen atoms in total. The molecule has 0 aliphatic rings. The van der Waals surface area contributed by atoms with Crippen LogP contribution in [0.1, 0.15) is 45.9 Å². The van der Waals surface area contributed by atoms with Gasteiger partial charge in [-0.1, -0.05) is 26.8 Å². The molecule has 0 radical (unpaired) electrons. The average Bonchev–Trinajstić information content (AvgIpc) is 2.43. The molecule has 1 rings (SSSR count). The molecular formula is C18H31N3. The standard InChI is InChI=1S/C18H31N3/c1-7-9-21(15(5)6)18-11-16(10-17(8-2)20-18)13-19-12-14(3)4/h7,10-11,14-15,19H,1,8-9,12-13H2,2-6H3. The summed E-state index contributed by atoms with van der Waals surface area (Å²) in [5.41, 5.74) is 2.47. The summed E-state index contributed by atoms with van der Waals surface area (Å²) in [6.07, 6.45) is 2.90. The molecule has 0 aliphatic heterocycles. The van der Waals surface area contributed by atoms with E-state index >= 15 is 0 Å². The minimum absolute atomic E-state index is 0.416. The van der Waals surface area contributed by atoms with Gasteiger partial charge in [0.15, 0.2) is 0 Å². The zero-order valence-corrected chi connectivity index (χ0v) is 14.3. The van der Waals surface area contributed by atoms with Gasteiger partial charge in [0, 0.05) is 24.8 Å². The summed E-state index contributed by atoms with van der Waals surface area (Å²) in [6, 6.07) is 4.83. The van der Waals surface area contributed by atoms with E-state index in [4.69, 9.17) is 4.98 Å². The molecule has 1 N–H and O–H groups in total. The highest BCUT2D eigenvalue weighted by Crippen LogP contribution is 2.18. The number of anilines is 1. The number of hydrogen-bond donors (Lipinski definition) is 1. The summed E-state index contributed by atoms with van der Waals surface area (Å²) in [5, 5.41) is 3.51. The van der Waals surface area contributed by atoms with Crippen LogP contribution in [-0.4, -0.2) is 24.1 Å². The molecule has 21 heavy (non-hydrogen) atoms. The van der Waals surface area contributed by atoms with Crippen LogP contribution >= 0.6 is 0 Å². The van der Waals surface area contributed by atoms with Crippen LogP contribution in [0.4, 0.5) is 5.82 Å². The lowest BCUT2D eigenvalue weighted by molar-refractivity contribution is 0.552. The van der Waals surface area contributed by atoms with Gasteiger partial charge in [-0.15, -0.1) is 6.58 Å². The molecule has 0 unspecified atom stereocenters. The second-order valence-electron chi connectivity index (χ2n) is 6.24. The maximum atomic E-state index is 4.79. The van der Waals surface area contributed by atoms with Gasteiger partial charge in [0.2, 0.25) is 0 Å². The molecule has 1 aromatic heterocycles. The first kappa shape index (κ1) is 17.7. The highest BCUT2D eigenvalue weighted by molar-refractivity contribution is 5.44. The topological polar surface area (TPSA) is 28.2 Å². The molecule has 0 fully saturated rings. The summed E-state index contributed by atoms with van der Waals surface area (Å²) in [7, 11) is 0. The van der Waals surface area contributed by atoms with Crippen LogP contribution < -0.4 is 10.2 Å². The summed E-state index contributed by atoms with van der Waals surface area (Å²) in [6.45, 7) is 17.6. The highest BCUT2D eigenvalue weighted by atomic mass is 15.2. The van der Waals surface area contributed by atoms with Crippen LogP contribution in [0.2, 0.25) is 0 Å². The van der Waals surface area contributed by atoms with Crippen molar-refractivity contribution in [1.29, 1.82) is 0 Å². The Balaban J connectivity index is 2.94. The summed E-state index contributed by atoms with van der Waals surface area (Å²) in [5.74, 6) is 1.73. The lowest BCUT2D eigenvalue weighted by Crippen LogP contribution is -2.32. The Morgan fingerprint density at radius 3 is 2.52 bits per heavy atom. The van der Waals surface area contributed by atoms with Gasteiger partial charge in [-0.2, -0.15) is 0 Å². The van der Waals surface area contributed by atoms with E-state index in [0.717, 1.165) is 37.6 Å². The molecule has 0 amide bonds. The van der Waals surface area contributed by atoms with E-state index in [9.17, 15) is 0 Å². The number of nitrogens with one attached hydrogen (secondary N) is 1. The molecule has 1 aromatic rings. The Kier molecular flexibility index (Phi) is 7.44. The summed E-state index contributed by atoms with van der Waals surface area (Å²) >= 11 is 0. The van der Waals surface area contributed by atoms with Crippen molar-refractivity contribution < 1.29 is 0 Å². The first-order chi connectivity index (χ1) is 9.97. The Hall–Kier alpha value is -1.35. The van der Waals surface area contributed by atoms with Crippen molar-refractivity contribution in [2.45, 2.75) is 53.6 Å². The highest BCUT2D eigenvalue weighted by Gasteiger charge is 2.12. The van der Waals surface area contributed by atoms with Crippen LogP contribution in [0.25, 0.3) is 0 Å². The lowest BCUT2D eigenvalue weighted by atomic mass is 10.1. The normalized spacial score (nSPS) is 11.2. The van der Waals surface area contributed by atoms with E-state index in [0.29, 0.717) is 12.0 Å². The molecule has 1 heterocycles. The predicted octanol–water partition coefficient (Wildman–Crippen LogP) is 3.79. The second kappa shape index (κ2) is 8.83. The largest absolute Gasteiger partial charge is 0.350 e. The first-order valence-electron chi connectivity index (χ1n) is 8.06. The van der Waals surface area contributed by atoms with Gasteiger partial charge in [-0.25, -0.2) is 4.98 Å². The van der Waals surface area contributed by atoms with E-state index in [1.807, 2.05) is 6.08 Å². The monoisotopic (exact) mass is 289 g/mol. The van der Waals surface area contributed by atoms with Crippen molar-refractivity contribution in [3.8, 4) is 0 Å². The van der Waals surface area contributed by atoms with E-state index in [1.165, 1.54) is 5.56 Å². The zero-order valence-electron chi connectivity index (χ0n) is 14.3. The van der Waals surface area contributed by atoms with Crippen LogP contribution in [0, 0.1) is 5.92 Å². The zero-order chi connectivity index (χ0) is 15.8. The second-order valence-corrected chi connectivity index (χ2v) is 6.24. The third-order valence-electron chi connectivity index (χ3n) is 3.41. The van der Waals surface area contributed by atoms with E-state index in [1.54, 1.807) is 0 Å². The molecule has 0 saturated carbocycles. The maximum Gasteiger partial charge on any atom is 0.129 e. The van der Waals surface area contributed by atoms with Gasteiger partial charge in [-0.05, 0) is 50.4 Å². The fourth-order valence-corrected chi connectivity index (χ4v) is 2.28. The number of hydrogen-bond acceptors (Lipinski definition) is 3. The maximum absolute atomic E-state index is 4.79. The van der Waals surface area contributed by atoms with Crippen LogP contribution in [0.3, 0.4) is 0 Å². The number of aryl methyl sites for hydroxylation is 1. The van der Waals surface area contributed by atoms with Gasteiger partial charge < -0.3 is 10.2 Å². The predicted molar refractivity (Wildman–Crippen MR) is 92.8 cm³/mol. The Morgan fingerprint density at radius 1 is 1.29 bits per heavy atom. The Bertz CT molecular complexity index is 438. The SMILES string of the molecule is C=CCN(c1cc(CNCC(C)C)cc(CC)n1)C(C)C. The van der Waals surface area contributed by atoms with Crippen molar-refractivity contribution in [3.05, 3.63) is 36.0 Å². The fraction of sp³-hybridized carbons (Fsp3) is 0.611. The summed E-state index contributed by atoms with van der Waals surface area (Å²) in [4.78, 5) is 7.08. The van der Waals surface area contributed by atoms with Gasteiger partial charge in [0.1, 0.15) is 5.82 Å². The lowest BCUT2D eigenvalue weighted by Gasteiger charge is -2.27. The van der Waals surface area contributed by atoms with Crippen molar-refractivity contribution in [2.75, 3.05) is 18.0 Å². The van der Waals surface area contributed by atoms with Gasteiger partial charge in [-0.3, -0.25) is 0 Å². The molecule has 0 saturated heterocycles. The molecule has 118 valence electrons. The molecule has 0 spiro atoms. The van der Waals surface area contributed by atoms with Crippen molar-refractivity contribution in [2.24, 2.45) is 5.92 Å². The number of rotatable bonds is 9. The number of pyridine rings is 1. The third-order valence-corrected chi connectivity index (χ3v) is 3.41. The van der Waals surface area contributed by atoms with Crippen LogP contribution in [-0.2, 0) is 13.0 Å². The van der Waals surface area contributed by atoms with Crippen molar-refractivity contribution >= 4 is 5.82 Å². The molecule has 0 aromatic carbocycles. The van der Waals surface area contributed by atoms with Crippen LogP contribution in [0.5, 0.6) is 0 Å². The molecular weight excluding hydrogens is 258 g/mol. The summed E-state index contributed by atoms with van der Waals surface area (Å²) < 4.78 is 0. The number of nitrogens with zero attached hydrogens (tertiary/aromatic N) is 2.